The molecule has 1 saturated heterocycles. The van der Waals surface area contributed by atoms with E-state index in [0.717, 1.165) is 48.2 Å². The highest BCUT2D eigenvalue weighted by Crippen LogP contribution is 2.36. The summed E-state index contributed by atoms with van der Waals surface area (Å²) in [6.45, 7) is 0.761. The first kappa shape index (κ1) is 20.9. The zero-order chi connectivity index (χ0) is 21.6. The highest BCUT2D eigenvalue weighted by molar-refractivity contribution is 5.78. The van der Waals surface area contributed by atoms with Gasteiger partial charge < -0.3 is 9.80 Å². The van der Waals surface area contributed by atoms with E-state index in [1.807, 2.05) is 54.4 Å². The summed E-state index contributed by atoms with van der Waals surface area (Å²) in [7, 11) is 3.87. The van der Waals surface area contributed by atoms with E-state index in [4.69, 9.17) is 4.98 Å². The van der Waals surface area contributed by atoms with Crippen LogP contribution in [0.1, 0.15) is 43.0 Å². The molecule has 4 heterocycles. The minimum atomic E-state index is -0.0523. The predicted octanol–water partition coefficient (Wildman–Crippen LogP) is 3.69. The molecule has 1 atom stereocenters. The number of likely N-dealkylation sites (tertiary alicyclic amines) is 1. The number of amides is 1. The van der Waals surface area contributed by atoms with E-state index in [9.17, 15) is 4.79 Å². The van der Waals surface area contributed by atoms with Crippen molar-refractivity contribution in [1.29, 1.82) is 0 Å². The lowest BCUT2D eigenvalue weighted by molar-refractivity contribution is -0.135. The third-order valence-corrected chi connectivity index (χ3v) is 5.71. The number of hydrogen-bond acceptors (Lipinski definition) is 6. The predicted molar refractivity (Wildman–Crippen MR) is 120 cm³/mol. The summed E-state index contributed by atoms with van der Waals surface area (Å²) in [6, 6.07) is 7.82. The number of rotatable bonds is 6. The molecule has 160 valence electrons. The van der Waals surface area contributed by atoms with Crippen LogP contribution in [0.2, 0.25) is 0 Å². The third-order valence-electron chi connectivity index (χ3n) is 5.71. The van der Waals surface area contributed by atoms with Crippen LogP contribution in [0.3, 0.4) is 0 Å². The quantitative estimate of drug-likeness (QED) is 0.610. The molecule has 0 aromatic carbocycles. The second-order valence-electron chi connectivity index (χ2n) is 8.05. The van der Waals surface area contributed by atoms with Gasteiger partial charge in [0, 0.05) is 63.6 Å². The van der Waals surface area contributed by atoms with Crippen LogP contribution in [0.25, 0.3) is 11.1 Å². The lowest BCUT2D eigenvalue weighted by Crippen LogP contribution is -2.39. The summed E-state index contributed by atoms with van der Waals surface area (Å²) in [5.41, 5.74) is 4.03. The fraction of sp³-hybridized carbons (Fsp3) is 0.375. The Morgan fingerprint density at radius 3 is 2.48 bits per heavy atom. The Kier molecular flexibility index (Phi) is 6.50. The Balaban J connectivity index is 1.65. The molecule has 0 radical (unpaired) electrons. The standard InChI is InChI=1S/C24H28N6O/c1-29(2)24-27-17-20(19-10-14-26-15-11-19)23(28-24)21-5-3-4-16-30(21)22(31)7-6-18-8-12-25-13-9-18/h8-15,17,21H,3-7,16H2,1-2H3. The summed E-state index contributed by atoms with van der Waals surface area (Å²) in [4.78, 5) is 34.8. The van der Waals surface area contributed by atoms with Gasteiger partial charge in [-0.3, -0.25) is 14.8 Å². The van der Waals surface area contributed by atoms with Gasteiger partial charge in [0.1, 0.15) is 0 Å². The fourth-order valence-corrected chi connectivity index (χ4v) is 4.07. The van der Waals surface area contributed by atoms with Crippen molar-refractivity contribution in [3.8, 4) is 11.1 Å². The average Bonchev–Trinajstić information content (AvgIpc) is 2.83. The van der Waals surface area contributed by atoms with Crippen LogP contribution >= 0.6 is 0 Å². The third kappa shape index (κ3) is 4.87. The Morgan fingerprint density at radius 1 is 1.06 bits per heavy atom. The smallest absolute Gasteiger partial charge is 0.225 e. The minimum Gasteiger partial charge on any atom is -0.347 e. The number of nitrogens with zero attached hydrogens (tertiary/aromatic N) is 6. The van der Waals surface area contributed by atoms with Crippen molar-refractivity contribution in [1.82, 2.24) is 24.8 Å². The van der Waals surface area contributed by atoms with Crippen molar-refractivity contribution in [2.24, 2.45) is 0 Å². The molecule has 0 saturated carbocycles. The highest BCUT2D eigenvalue weighted by Gasteiger charge is 2.31. The molecule has 1 aliphatic rings. The molecule has 1 unspecified atom stereocenters. The molecular formula is C24H28N6O. The van der Waals surface area contributed by atoms with E-state index in [1.54, 1.807) is 24.8 Å². The fourth-order valence-electron chi connectivity index (χ4n) is 4.07. The molecule has 4 rings (SSSR count). The van der Waals surface area contributed by atoms with Crippen LogP contribution in [0.5, 0.6) is 0 Å². The molecule has 0 bridgehead atoms. The number of piperidine rings is 1. The largest absolute Gasteiger partial charge is 0.347 e. The Bertz CT molecular complexity index is 1010. The lowest BCUT2D eigenvalue weighted by Gasteiger charge is -2.36. The van der Waals surface area contributed by atoms with Crippen molar-refractivity contribution in [3.63, 3.8) is 0 Å². The molecular weight excluding hydrogens is 388 g/mol. The number of carbonyl (C=O) groups excluding carboxylic acids is 1. The SMILES string of the molecule is CN(C)c1ncc(-c2ccncc2)c(C2CCCCN2C(=O)CCc2ccncc2)n1. The van der Waals surface area contributed by atoms with E-state index in [2.05, 4.69) is 15.0 Å². The van der Waals surface area contributed by atoms with Gasteiger partial charge >= 0.3 is 0 Å². The Labute approximate surface area is 183 Å². The van der Waals surface area contributed by atoms with Gasteiger partial charge in [0.2, 0.25) is 11.9 Å². The molecule has 1 aliphatic heterocycles. The van der Waals surface area contributed by atoms with Crippen LogP contribution in [0.15, 0.2) is 55.2 Å². The summed E-state index contributed by atoms with van der Waals surface area (Å²) in [6.07, 6.45) is 13.2. The highest BCUT2D eigenvalue weighted by atomic mass is 16.2. The Morgan fingerprint density at radius 2 is 1.77 bits per heavy atom. The number of aryl methyl sites for hydroxylation is 1. The van der Waals surface area contributed by atoms with Gasteiger partial charge in [0.25, 0.3) is 0 Å². The van der Waals surface area contributed by atoms with Crippen LogP contribution in [0, 0.1) is 0 Å². The van der Waals surface area contributed by atoms with E-state index < -0.39 is 0 Å². The maximum Gasteiger partial charge on any atom is 0.225 e. The van der Waals surface area contributed by atoms with E-state index in [0.29, 0.717) is 18.8 Å². The van der Waals surface area contributed by atoms with Crippen LogP contribution < -0.4 is 4.90 Å². The average molecular weight is 417 g/mol. The van der Waals surface area contributed by atoms with Crippen LogP contribution in [0.4, 0.5) is 5.95 Å². The van der Waals surface area contributed by atoms with Crippen molar-refractivity contribution in [3.05, 3.63) is 66.5 Å². The molecule has 31 heavy (non-hydrogen) atoms. The van der Waals surface area contributed by atoms with Gasteiger partial charge in [-0.1, -0.05) is 0 Å². The molecule has 0 spiro atoms. The first-order valence-corrected chi connectivity index (χ1v) is 10.8. The Hall–Kier alpha value is -3.35. The van der Waals surface area contributed by atoms with Gasteiger partial charge in [0.15, 0.2) is 0 Å². The summed E-state index contributed by atoms with van der Waals surface area (Å²) >= 11 is 0. The number of anilines is 1. The molecule has 7 heteroatoms. The van der Waals surface area contributed by atoms with Crippen molar-refractivity contribution in [2.75, 3.05) is 25.5 Å². The van der Waals surface area contributed by atoms with E-state index >= 15 is 0 Å². The van der Waals surface area contributed by atoms with Gasteiger partial charge in [-0.25, -0.2) is 9.97 Å². The molecule has 0 N–H and O–H groups in total. The van der Waals surface area contributed by atoms with E-state index in [-0.39, 0.29) is 11.9 Å². The lowest BCUT2D eigenvalue weighted by atomic mass is 9.93. The summed E-state index contributed by atoms with van der Waals surface area (Å²) in [5, 5.41) is 0. The van der Waals surface area contributed by atoms with Crippen molar-refractivity contribution >= 4 is 11.9 Å². The second kappa shape index (κ2) is 9.64. The maximum absolute atomic E-state index is 13.3. The molecule has 0 aliphatic carbocycles. The monoisotopic (exact) mass is 416 g/mol. The number of pyridine rings is 2. The first-order chi connectivity index (χ1) is 15.1. The number of carbonyl (C=O) groups is 1. The molecule has 3 aromatic heterocycles. The van der Waals surface area contributed by atoms with Crippen molar-refractivity contribution in [2.45, 2.75) is 38.1 Å². The van der Waals surface area contributed by atoms with E-state index in [1.165, 1.54) is 0 Å². The van der Waals surface area contributed by atoms with Gasteiger partial charge in [-0.05, 0) is 61.1 Å². The van der Waals surface area contributed by atoms with Crippen molar-refractivity contribution < 1.29 is 4.79 Å². The van der Waals surface area contributed by atoms with Gasteiger partial charge in [-0.2, -0.15) is 0 Å². The number of hydrogen-bond donors (Lipinski definition) is 0. The van der Waals surface area contributed by atoms with Crippen LogP contribution in [-0.2, 0) is 11.2 Å². The zero-order valence-electron chi connectivity index (χ0n) is 18.1. The summed E-state index contributed by atoms with van der Waals surface area (Å²) in [5.74, 6) is 0.828. The van der Waals surface area contributed by atoms with Crippen LogP contribution in [-0.4, -0.2) is 51.4 Å². The number of aromatic nitrogens is 4. The normalized spacial score (nSPS) is 16.2. The van der Waals surface area contributed by atoms with Gasteiger partial charge in [-0.15, -0.1) is 0 Å². The zero-order valence-corrected chi connectivity index (χ0v) is 18.1. The molecule has 7 nitrogen and oxygen atoms in total. The second-order valence-corrected chi connectivity index (χ2v) is 8.05. The molecule has 3 aromatic rings. The maximum atomic E-state index is 13.3. The molecule has 1 amide bonds. The van der Waals surface area contributed by atoms with Gasteiger partial charge in [0.05, 0.1) is 11.7 Å². The molecule has 1 fully saturated rings. The first-order valence-electron chi connectivity index (χ1n) is 10.8. The minimum absolute atomic E-state index is 0.0523. The summed E-state index contributed by atoms with van der Waals surface area (Å²) < 4.78 is 0. The topological polar surface area (TPSA) is 75.1 Å².